The van der Waals surface area contributed by atoms with E-state index in [1.165, 1.54) is 62.6 Å². The highest BCUT2D eigenvalue weighted by atomic mass is 79.9. The summed E-state index contributed by atoms with van der Waals surface area (Å²) in [6.45, 7) is 8.50. The molecule has 0 radical (unpaired) electrons. The van der Waals surface area contributed by atoms with Gasteiger partial charge in [0, 0.05) is 6.42 Å². The van der Waals surface area contributed by atoms with Gasteiger partial charge in [-0.2, -0.15) is 0 Å². The molecule has 1 fully saturated rings. The molecule has 0 amide bonds. The predicted octanol–water partition coefficient (Wildman–Crippen LogP) is 2.23. The first kappa shape index (κ1) is 19.7. The number of hydrogen-bond acceptors (Lipinski definition) is 0. The average molecular weight is 368 g/mol. The zero-order valence-corrected chi connectivity index (χ0v) is 16.3. The molecule has 0 aromatic heterocycles. The summed E-state index contributed by atoms with van der Waals surface area (Å²) in [4.78, 5) is 0. The predicted molar refractivity (Wildman–Crippen MR) is 92.5 cm³/mol. The van der Waals surface area contributed by atoms with Crippen LogP contribution in [0.4, 0.5) is 0 Å². The molecule has 1 unspecified atom stereocenters. The molecule has 0 bridgehead atoms. The van der Waals surface area contributed by atoms with Gasteiger partial charge in [0.1, 0.15) is 0 Å². The highest BCUT2D eigenvalue weighted by Crippen LogP contribution is 2.38. The molecular weight excluding hydrogens is 334 g/mol. The van der Waals surface area contributed by atoms with E-state index in [0.29, 0.717) is 0 Å². The van der Waals surface area contributed by atoms with Crippen LogP contribution < -0.4 is 17.0 Å². The van der Waals surface area contributed by atoms with E-state index >= 15 is 0 Å². The Morgan fingerprint density at radius 1 is 1.00 bits per heavy atom. The average Bonchev–Trinajstić information content (AvgIpc) is 2.57. The molecule has 1 aromatic carbocycles. The Morgan fingerprint density at radius 3 is 2.14 bits per heavy atom. The van der Waals surface area contributed by atoms with Crippen molar-refractivity contribution >= 4 is 0 Å². The highest BCUT2D eigenvalue weighted by Gasteiger charge is 2.27. The van der Waals surface area contributed by atoms with E-state index in [9.17, 15) is 0 Å². The number of nitrogens with zero attached hydrogens (tertiary/aromatic N) is 1. The summed E-state index contributed by atoms with van der Waals surface area (Å²) in [6.07, 6.45) is 8.59. The molecule has 22 heavy (non-hydrogen) atoms. The third-order valence-electron chi connectivity index (χ3n) is 5.95. The lowest BCUT2D eigenvalue weighted by Gasteiger charge is -2.36. The maximum absolute atomic E-state index is 2.42. The summed E-state index contributed by atoms with van der Waals surface area (Å²) in [7, 11) is 2.42. The number of hydrogen-bond donors (Lipinski definition) is 0. The van der Waals surface area contributed by atoms with Gasteiger partial charge in [-0.25, -0.2) is 0 Å². The largest absolute Gasteiger partial charge is 1.00 e. The van der Waals surface area contributed by atoms with Crippen molar-refractivity contribution in [2.45, 2.75) is 58.3 Å². The summed E-state index contributed by atoms with van der Waals surface area (Å²) in [5.74, 6) is 1.70. The molecule has 0 N–H and O–H groups in total. The minimum absolute atomic E-state index is 0. The molecule has 1 aromatic rings. The summed E-state index contributed by atoms with van der Waals surface area (Å²) in [5, 5.41) is 0. The van der Waals surface area contributed by atoms with Crippen molar-refractivity contribution < 1.29 is 21.5 Å². The maximum atomic E-state index is 2.42. The van der Waals surface area contributed by atoms with Crippen molar-refractivity contribution in [1.82, 2.24) is 0 Å². The van der Waals surface area contributed by atoms with Gasteiger partial charge < -0.3 is 21.5 Å². The standard InChI is InChI=1S/C20H34N.BrH/c1-4-21(3,5-2)17-16-20(18-12-8-6-9-13-18)19-14-10-7-11-15-19;/h6,8-9,12-13,19-20H,4-5,7,10-11,14-17H2,1-3H3;1H/q+1;/p-1. The zero-order chi connectivity index (χ0) is 15.1. The molecule has 1 nitrogen and oxygen atoms in total. The van der Waals surface area contributed by atoms with Crippen molar-refractivity contribution in [1.29, 1.82) is 0 Å². The smallest absolute Gasteiger partial charge is 0.0790 e. The Balaban J connectivity index is 0.00000242. The van der Waals surface area contributed by atoms with Gasteiger partial charge in [0.05, 0.1) is 26.7 Å². The summed E-state index contributed by atoms with van der Waals surface area (Å²) < 4.78 is 1.22. The van der Waals surface area contributed by atoms with Crippen LogP contribution in [0.2, 0.25) is 0 Å². The normalized spacial score (nSPS) is 17.8. The first-order valence-electron chi connectivity index (χ1n) is 9.07. The van der Waals surface area contributed by atoms with Crippen molar-refractivity contribution in [3.8, 4) is 0 Å². The third-order valence-corrected chi connectivity index (χ3v) is 5.95. The Morgan fingerprint density at radius 2 is 1.59 bits per heavy atom. The van der Waals surface area contributed by atoms with Crippen LogP contribution in [0.1, 0.15) is 63.9 Å². The van der Waals surface area contributed by atoms with Crippen LogP contribution in [0.15, 0.2) is 30.3 Å². The molecule has 0 aliphatic heterocycles. The Bertz CT molecular complexity index is 393. The molecule has 0 heterocycles. The van der Waals surface area contributed by atoms with Gasteiger partial charge in [0.25, 0.3) is 0 Å². The van der Waals surface area contributed by atoms with E-state index < -0.39 is 0 Å². The Hall–Kier alpha value is -0.340. The number of halogens is 1. The Labute approximate surface area is 148 Å². The summed E-state index contributed by atoms with van der Waals surface area (Å²) >= 11 is 0. The number of benzene rings is 1. The van der Waals surface area contributed by atoms with Gasteiger partial charge in [0.15, 0.2) is 0 Å². The number of quaternary nitrogens is 1. The van der Waals surface area contributed by atoms with Gasteiger partial charge in [-0.3, -0.25) is 0 Å². The summed E-state index contributed by atoms with van der Waals surface area (Å²) in [5.41, 5.74) is 1.59. The minimum atomic E-state index is 0. The topological polar surface area (TPSA) is 0 Å². The van der Waals surface area contributed by atoms with Crippen LogP contribution in [0, 0.1) is 5.92 Å². The molecule has 2 rings (SSSR count). The van der Waals surface area contributed by atoms with E-state index in [1.807, 2.05) is 0 Å². The molecular formula is C20H34BrN. The zero-order valence-electron chi connectivity index (χ0n) is 14.7. The second-order valence-corrected chi connectivity index (χ2v) is 7.18. The van der Waals surface area contributed by atoms with Gasteiger partial charge in [-0.05, 0) is 44.1 Å². The van der Waals surface area contributed by atoms with Crippen LogP contribution in [-0.4, -0.2) is 31.2 Å². The lowest BCUT2D eigenvalue weighted by molar-refractivity contribution is -0.906. The van der Waals surface area contributed by atoms with Crippen LogP contribution in [0.25, 0.3) is 0 Å². The van der Waals surface area contributed by atoms with Crippen LogP contribution >= 0.6 is 0 Å². The van der Waals surface area contributed by atoms with Crippen molar-refractivity contribution in [2.75, 3.05) is 26.7 Å². The fraction of sp³-hybridized carbons (Fsp3) is 0.700. The van der Waals surface area contributed by atoms with Crippen LogP contribution in [0.3, 0.4) is 0 Å². The second-order valence-electron chi connectivity index (χ2n) is 7.18. The molecule has 1 aliphatic rings. The number of rotatable bonds is 7. The van der Waals surface area contributed by atoms with Crippen LogP contribution in [-0.2, 0) is 0 Å². The molecule has 2 heteroatoms. The lowest BCUT2D eigenvalue weighted by atomic mass is 9.75. The van der Waals surface area contributed by atoms with Gasteiger partial charge in [-0.1, -0.05) is 49.6 Å². The highest BCUT2D eigenvalue weighted by molar-refractivity contribution is 5.20. The molecule has 1 aliphatic carbocycles. The molecule has 1 atom stereocenters. The van der Waals surface area contributed by atoms with Gasteiger partial charge in [0.2, 0.25) is 0 Å². The quantitative estimate of drug-likeness (QED) is 0.648. The molecule has 0 saturated heterocycles. The van der Waals surface area contributed by atoms with Crippen molar-refractivity contribution in [2.24, 2.45) is 5.92 Å². The van der Waals surface area contributed by atoms with Gasteiger partial charge in [-0.15, -0.1) is 0 Å². The van der Waals surface area contributed by atoms with E-state index in [1.54, 1.807) is 5.56 Å². The molecule has 1 saturated carbocycles. The Kier molecular flexibility index (Phi) is 8.71. The van der Waals surface area contributed by atoms with Crippen molar-refractivity contribution in [3.05, 3.63) is 35.9 Å². The summed E-state index contributed by atoms with van der Waals surface area (Å²) in [6, 6.07) is 11.3. The first-order chi connectivity index (χ1) is 10.2. The van der Waals surface area contributed by atoms with E-state index in [2.05, 4.69) is 51.2 Å². The van der Waals surface area contributed by atoms with Crippen LogP contribution in [0.5, 0.6) is 0 Å². The maximum Gasteiger partial charge on any atom is 0.0790 e. The minimum Gasteiger partial charge on any atom is -1.00 e. The van der Waals surface area contributed by atoms with Crippen molar-refractivity contribution in [3.63, 3.8) is 0 Å². The van der Waals surface area contributed by atoms with E-state index in [4.69, 9.17) is 0 Å². The molecule has 126 valence electrons. The van der Waals surface area contributed by atoms with Gasteiger partial charge >= 0.3 is 0 Å². The molecule has 0 spiro atoms. The third kappa shape index (κ3) is 5.38. The second kappa shape index (κ2) is 9.72. The lowest BCUT2D eigenvalue weighted by Crippen LogP contribution is -3.00. The SMILES string of the molecule is CC[N+](C)(CC)CCC(c1ccccc1)C1CCCCC1.[Br-]. The fourth-order valence-electron chi connectivity index (χ4n) is 3.90. The first-order valence-corrected chi connectivity index (χ1v) is 9.07. The van der Waals surface area contributed by atoms with E-state index in [-0.39, 0.29) is 17.0 Å². The monoisotopic (exact) mass is 367 g/mol. The van der Waals surface area contributed by atoms with E-state index in [0.717, 1.165) is 11.8 Å². The fourth-order valence-corrected chi connectivity index (χ4v) is 3.90.